The maximum Gasteiger partial charge on any atom is 0.334 e. The van der Waals surface area contributed by atoms with E-state index in [-0.39, 0.29) is 0 Å². The predicted octanol–water partition coefficient (Wildman–Crippen LogP) is 0.140. The van der Waals surface area contributed by atoms with Crippen LogP contribution in [-0.4, -0.2) is 17.4 Å². The van der Waals surface area contributed by atoms with E-state index in [0.29, 0.717) is 4.48 Å². The zero-order valence-electron chi connectivity index (χ0n) is 3.80. The summed E-state index contributed by atoms with van der Waals surface area (Å²) in [6.07, 6.45) is 0.104. The molecule has 4 heteroatoms. The van der Waals surface area contributed by atoms with Gasteiger partial charge in [-0.05, 0) is 15.9 Å². The molecule has 8 heavy (non-hydrogen) atoms. The van der Waals surface area contributed by atoms with Gasteiger partial charge in [0, 0.05) is 6.08 Å². The van der Waals surface area contributed by atoms with E-state index in [0.717, 1.165) is 0 Å². The summed E-state index contributed by atoms with van der Waals surface area (Å²) in [5.74, 6) is -0.510. The zero-order chi connectivity index (χ0) is 6.15. The third-order valence-corrected chi connectivity index (χ3v) is 1.34. The highest BCUT2D eigenvalue weighted by molar-refractivity contribution is 9.11. The SMILES string of the molecule is O=C1C=C(Br)[C@@H](O)O1. The summed E-state index contributed by atoms with van der Waals surface area (Å²) in [4.78, 5) is 10.2. The maximum atomic E-state index is 10.2. The fourth-order valence-electron chi connectivity index (χ4n) is 0.384. The number of aliphatic hydroxyl groups is 1. The molecule has 1 aliphatic rings. The highest BCUT2D eigenvalue weighted by Crippen LogP contribution is 2.17. The fourth-order valence-corrected chi connectivity index (χ4v) is 0.665. The fraction of sp³-hybridized carbons (Fsp3) is 0.250. The van der Waals surface area contributed by atoms with Crippen LogP contribution in [0.1, 0.15) is 0 Å². The minimum absolute atomic E-state index is 0.377. The summed E-state index contributed by atoms with van der Waals surface area (Å²) in [5.41, 5.74) is 0. The summed E-state index contributed by atoms with van der Waals surface area (Å²) in [6.45, 7) is 0. The topological polar surface area (TPSA) is 46.5 Å². The van der Waals surface area contributed by atoms with E-state index >= 15 is 0 Å². The molecule has 1 aliphatic heterocycles. The van der Waals surface area contributed by atoms with Gasteiger partial charge in [0.05, 0.1) is 4.48 Å². The average molecular weight is 179 g/mol. The Labute approximate surface area is 54.1 Å². The van der Waals surface area contributed by atoms with Crippen LogP contribution in [0.25, 0.3) is 0 Å². The molecule has 44 valence electrons. The van der Waals surface area contributed by atoms with Crippen molar-refractivity contribution in [2.24, 2.45) is 0 Å². The Bertz CT molecular complexity index is 151. The molecule has 1 rings (SSSR count). The Morgan fingerprint density at radius 1 is 1.88 bits per heavy atom. The molecule has 0 aromatic rings. The highest BCUT2D eigenvalue weighted by Gasteiger charge is 2.20. The monoisotopic (exact) mass is 178 g/mol. The van der Waals surface area contributed by atoms with Gasteiger partial charge in [-0.2, -0.15) is 0 Å². The number of ether oxygens (including phenoxy) is 1. The van der Waals surface area contributed by atoms with Crippen molar-refractivity contribution in [3.63, 3.8) is 0 Å². The van der Waals surface area contributed by atoms with Crippen LogP contribution in [0.15, 0.2) is 10.6 Å². The third kappa shape index (κ3) is 0.900. The molecule has 0 fully saturated rings. The summed E-state index contributed by atoms with van der Waals surface area (Å²) in [7, 11) is 0. The van der Waals surface area contributed by atoms with Crippen LogP contribution in [0.4, 0.5) is 0 Å². The Morgan fingerprint density at radius 3 is 2.62 bits per heavy atom. The quantitative estimate of drug-likeness (QED) is 0.538. The van der Waals surface area contributed by atoms with Gasteiger partial charge in [0.25, 0.3) is 0 Å². The molecule has 3 nitrogen and oxygen atoms in total. The lowest BCUT2D eigenvalue weighted by molar-refractivity contribution is -0.150. The Balaban J connectivity index is 2.73. The van der Waals surface area contributed by atoms with E-state index in [2.05, 4.69) is 20.7 Å². The minimum Gasteiger partial charge on any atom is -0.428 e. The van der Waals surface area contributed by atoms with Gasteiger partial charge in [0.2, 0.25) is 6.29 Å². The first kappa shape index (κ1) is 5.78. The normalized spacial score (nSPS) is 27.5. The number of aliphatic hydroxyl groups excluding tert-OH is 1. The molecule has 0 saturated heterocycles. The van der Waals surface area contributed by atoms with E-state index in [1.807, 2.05) is 0 Å². The second-order valence-electron chi connectivity index (χ2n) is 1.32. The summed E-state index contributed by atoms with van der Waals surface area (Å²) in [6, 6.07) is 0. The average Bonchev–Trinajstić information content (AvgIpc) is 1.85. The van der Waals surface area contributed by atoms with E-state index in [9.17, 15) is 4.79 Å². The number of carbonyl (C=O) groups is 1. The maximum absolute atomic E-state index is 10.2. The zero-order valence-corrected chi connectivity index (χ0v) is 5.38. The Hall–Kier alpha value is -0.350. The summed E-state index contributed by atoms with van der Waals surface area (Å²) in [5, 5.41) is 8.61. The van der Waals surface area contributed by atoms with Crippen molar-refractivity contribution in [1.29, 1.82) is 0 Å². The molecular weight excluding hydrogens is 176 g/mol. The molecule has 0 saturated carbocycles. The largest absolute Gasteiger partial charge is 0.428 e. The van der Waals surface area contributed by atoms with E-state index in [4.69, 9.17) is 5.11 Å². The van der Waals surface area contributed by atoms with Gasteiger partial charge < -0.3 is 9.84 Å². The number of cyclic esters (lactones) is 1. The molecule has 0 spiro atoms. The van der Waals surface area contributed by atoms with Crippen molar-refractivity contribution in [2.75, 3.05) is 0 Å². The third-order valence-electron chi connectivity index (χ3n) is 0.719. The van der Waals surface area contributed by atoms with Crippen LogP contribution in [0, 0.1) is 0 Å². The van der Waals surface area contributed by atoms with Crippen LogP contribution >= 0.6 is 15.9 Å². The van der Waals surface area contributed by atoms with Gasteiger partial charge in [-0.25, -0.2) is 4.79 Å². The van der Waals surface area contributed by atoms with E-state index in [1.165, 1.54) is 6.08 Å². The van der Waals surface area contributed by atoms with Crippen molar-refractivity contribution in [3.05, 3.63) is 10.6 Å². The van der Waals surface area contributed by atoms with Crippen LogP contribution < -0.4 is 0 Å². The van der Waals surface area contributed by atoms with Crippen LogP contribution in [-0.2, 0) is 9.53 Å². The molecular formula is C4H3BrO3. The second kappa shape index (κ2) is 1.87. The van der Waals surface area contributed by atoms with E-state index in [1.54, 1.807) is 0 Å². The van der Waals surface area contributed by atoms with Crippen molar-refractivity contribution in [1.82, 2.24) is 0 Å². The Kier molecular flexibility index (Phi) is 1.35. The minimum atomic E-state index is -1.08. The molecule has 0 amide bonds. The number of rotatable bonds is 0. The first-order valence-electron chi connectivity index (χ1n) is 1.96. The van der Waals surface area contributed by atoms with Gasteiger partial charge in [-0.3, -0.25) is 0 Å². The summed E-state index contributed by atoms with van der Waals surface area (Å²) >= 11 is 2.91. The Morgan fingerprint density at radius 2 is 2.50 bits per heavy atom. The van der Waals surface area contributed by atoms with Crippen LogP contribution in [0.2, 0.25) is 0 Å². The lowest BCUT2D eigenvalue weighted by Gasteiger charge is -1.98. The number of hydrogen-bond donors (Lipinski definition) is 1. The molecule has 0 aromatic carbocycles. The number of hydrogen-bond acceptors (Lipinski definition) is 3. The predicted molar refractivity (Wildman–Crippen MR) is 29.1 cm³/mol. The molecule has 1 heterocycles. The van der Waals surface area contributed by atoms with E-state index < -0.39 is 12.3 Å². The highest BCUT2D eigenvalue weighted by atomic mass is 79.9. The van der Waals surface area contributed by atoms with Crippen molar-refractivity contribution in [2.45, 2.75) is 6.29 Å². The molecule has 1 N–H and O–H groups in total. The van der Waals surface area contributed by atoms with Gasteiger partial charge in [0.1, 0.15) is 0 Å². The lowest BCUT2D eigenvalue weighted by Crippen LogP contribution is -2.06. The van der Waals surface area contributed by atoms with Crippen LogP contribution in [0.5, 0.6) is 0 Å². The molecule has 1 atom stereocenters. The van der Waals surface area contributed by atoms with Crippen LogP contribution in [0.3, 0.4) is 0 Å². The smallest absolute Gasteiger partial charge is 0.334 e. The van der Waals surface area contributed by atoms with Gasteiger partial charge >= 0.3 is 5.97 Å². The standard InChI is InChI=1S/C4H3BrO3/c5-2-1-3(6)8-4(2)7/h1,4,7H/t4-/m0/s1. The first-order chi connectivity index (χ1) is 3.70. The van der Waals surface area contributed by atoms with Gasteiger partial charge in [-0.1, -0.05) is 0 Å². The van der Waals surface area contributed by atoms with Gasteiger partial charge in [-0.15, -0.1) is 0 Å². The van der Waals surface area contributed by atoms with Crippen molar-refractivity contribution >= 4 is 21.9 Å². The first-order valence-corrected chi connectivity index (χ1v) is 2.75. The number of halogens is 1. The summed E-state index contributed by atoms with van der Waals surface area (Å²) < 4.78 is 4.63. The second-order valence-corrected chi connectivity index (χ2v) is 2.23. The van der Waals surface area contributed by atoms with Crippen molar-refractivity contribution in [3.8, 4) is 0 Å². The molecule has 0 radical (unpaired) electrons. The number of carbonyl (C=O) groups excluding carboxylic acids is 1. The molecule has 0 aliphatic carbocycles. The lowest BCUT2D eigenvalue weighted by atomic mass is 10.5. The molecule has 0 aromatic heterocycles. The number of esters is 1. The van der Waals surface area contributed by atoms with Gasteiger partial charge in [0.15, 0.2) is 0 Å². The molecule has 0 unspecified atom stereocenters. The van der Waals surface area contributed by atoms with Crippen molar-refractivity contribution < 1.29 is 14.6 Å². The molecule has 0 bridgehead atoms.